The van der Waals surface area contributed by atoms with Gasteiger partial charge in [-0.2, -0.15) is 0 Å². The van der Waals surface area contributed by atoms with Crippen LogP contribution in [0.25, 0.3) is 0 Å². The molecule has 0 amide bonds. The quantitative estimate of drug-likeness (QED) is 0.128. The van der Waals surface area contributed by atoms with E-state index in [1.165, 1.54) is 15.9 Å². The normalized spacial score (nSPS) is 12.3. The Balaban J connectivity index is 1.73. The molecule has 3 nitrogen and oxygen atoms in total. The first-order valence-electron chi connectivity index (χ1n) is 17.3. The van der Waals surface area contributed by atoms with Crippen LogP contribution in [0.2, 0.25) is 0 Å². The Labute approximate surface area is 291 Å². The zero-order valence-electron chi connectivity index (χ0n) is 29.1. The van der Waals surface area contributed by atoms with E-state index in [0.29, 0.717) is 12.8 Å². The molecule has 0 atom stereocenters. The zero-order valence-corrected chi connectivity index (χ0v) is 30.0. The molecule has 0 aliphatic rings. The van der Waals surface area contributed by atoms with E-state index in [0.717, 1.165) is 63.7 Å². The number of hydrogen-bond acceptors (Lipinski definition) is 3. The van der Waals surface area contributed by atoms with E-state index in [2.05, 4.69) is 143 Å². The number of hydrogen-bond donors (Lipinski definition) is 2. The second-order valence-electron chi connectivity index (χ2n) is 13.4. The van der Waals surface area contributed by atoms with Gasteiger partial charge in [-0.1, -0.05) is 0 Å². The molecule has 6 aromatic rings. The molecule has 49 heavy (non-hydrogen) atoms. The van der Waals surface area contributed by atoms with Gasteiger partial charge in [0, 0.05) is 0 Å². The van der Waals surface area contributed by atoms with Crippen molar-refractivity contribution in [1.82, 2.24) is 0 Å². The SMILES string of the molecule is CCCCP(Oc1c(Cc2cc(C)ccc2O)cc(C)cc1Cc1cc(C)ccc1O)(c1ccccc1)(c1ccccc1)c1ccccc1. The predicted octanol–water partition coefficient (Wildman–Crippen LogP) is 9.83. The van der Waals surface area contributed by atoms with E-state index >= 15 is 0 Å². The summed E-state index contributed by atoms with van der Waals surface area (Å²) in [6, 6.07) is 48.5. The molecule has 250 valence electrons. The molecule has 0 unspecified atom stereocenters. The van der Waals surface area contributed by atoms with Crippen molar-refractivity contribution < 1.29 is 14.7 Å². The molecule has 2 N–H and O–H groups in total. The number of rotatable bonds is 12. The third-order valence-electron chi connectivity index (χ3n) is 9.76. The molecule has 0 heterocycles. The van der Waals surface area contributed by atoms with Gasteiger partial charge in [-0.15, -0.1) is 0 Å². The van der Waals surface area contributed by atoms with Gasteiger partial charge in [0.2, 0.25) is 0 Å². The minimum atomic E-state index is -3.76. The molecule has 4 heteroatoms. The van der Waals surface area contributed by atoms with Crippen molar-refractivity contribution in [3.63, 3.8) is 0 Å². The molecule has 0 saturated heterocycles. The number of unbranched alkanes of at least 4 members (excludes halogenated alkanes) is 1. The van der Waals surface area contributed by atoms with Crippen LogP contribution in [0.4, 0.5) is 0 Å². The van der Waals surface area contributed by atoms with E-state index < -0.39 is 6.83 Å². The Hall–Kier alpha value is -4.85. The monoisotopic (exact) mass is 666 g/mol. The van der Waals surface area contributed by atoms with Crippen LogP contribution in [-0.2, 0) is 12.8 Å². The summed E-state index contributed by atoms with van der Waals surface area (Å²) in [5, 5.41) is 25.7. The first kappa shape index (κ1) is 34.0. The molecule has 0 aliphatic heterocycles. The number of aromatic hydroxyl groups is 2. The fourth-order valence-electron chi connectivity index (χ4n) is 7.36. The van der Waals surface area contributed by atoms with Crippen LogP contribution in [0.1, 0.15) is 58.7 Å². The fourth-order valence-corrected chi connectivity index (χ4v) is 13.4. The Kier molecular flexibility index (Phi) is 9.95. The molecule has 6 aromatic carbocycles. The predicted molar refractivity (Wildman–Crippen MR) is 208 cm³/mol. The Bertz CT molecular complexity index is 1860. The van der Waals surface area contributed by atoms with Crippen molar-refractivity contribution in [2.24, 2.45) is 0 Å². The molecule has 0 aromatic heterocycles. The number of benzene rings is 6. The van der Waals surface area contributed by atoms with Crippen molar-refractivity contribution in [1.29, 1.82) is 0 Å². The van der Waals surface area contributed by atoms with Gasteiger partial charge >= 0.3 is 293 Å². The van der Waals surface area contributed by atoms with Crippen LogP contribution in [0.15, 0.2) is 140 Å². The van der Waals surface area contributed by atoms with Crippen LogP contribution >= 0.6 is 6.83 Å². The van der Waals surface area contributed by atoms with Crippen LogP contribution in [-0.4, -0.2) is 16.4 Å². The second-order valence-corrected chi connectivity index (χ2v) is 18.0. The van der Waals surface area contributed by atoms with Crippen molar-refractivity contribution in [3.05, 3.63) is 178 Å². The summed E-state index contributed by atoms with van der Waals surface area (Å²) in [6.45, 7) is 4.71. The van der Waals surface area contributed by atoms with Gasteiger partial charge in [-0.05, 0) is 0 Å². The molecule has 0 aliphatic carbocycles. The summed E-state index contributed by atoms with van der Waals surface area (Å²) in [5.74, 6) is 1.36. The van der Waals surface area contributed by atoms with E-state index in [1.54, 1.807) is 12.1 Å². The van der Waals surface area contributed by atoms with E-state index in [9.17, 15) is 10.2 Å². The molecule has 6 rings (SSSR count). The van der Waals surface area contributed by atoms with Crippen molar-refractivity contribution in [2.45, 2.75) is 53.4 Å². The average Bonchev–Trinajstić information content (AvgIpc) is 3.12. The summed E-state index contributed by atoms with van der Waals surface area (Å²) in [6.07, 6.45) is 3.78. The number of phenolic OH excluding ortho intramolecular Hbond substituents is 2. The summed E-state index contributed by atoms with van der Waals surface area (Å²) in [4.78, 5) is 0. The van der Waals surface area contributed by atoms with Crippen LogP contribution in [0.3, 0.4) is 0 Å². The zero-order chi connectivity index (χ0) is 34.5. The summed E-state index contributed by atoms with van der Waals surface area (Å²) in [7, 11) is 0. The molecule has 0 fully saturated rings. The maximum atomic E-state index is 11.1. The molecular weight excluding hydrogens is 619 g/mol. The molecule has 0 radical (unpaired) electrons. The van der Waals surface area contributed by atoms with E-state index in [4.69, 9.17) is 4.52 Å². The van der Waals surface area contributed by atoms with Crippen LogP contribution < -0.4 is 20.4 Å². The summed E-state index contributed by atoms with van der Waals surface area (Å²) >= 11 is 0. The van der Waals surface area contributed by atoms with Gasteiger partial charge in [0.25, 0.3) is 0 Å². The summed E-state index contributed by atoms with van der Waals surface area (Å²) < 4.78 is 8.22. The molecule has 0 bridgehead atoms. The Morgan fingerprint density at radius 3 is 1.27 bits per heavy atom. The number of aryl methyl sites for hydroxylation is 3. The van der Waals surface area contributed by atoms with E-state index in [1.807, 2.05) is 12.1 Å². The van der Waals surface area contributed by atoms with Gasteiger partial charge in [0.1, 0.15) is 0 Å². The van der Waals surface area contributed by atoms with Crippen molar-refractivity contribution in [3.8, 4) is 17.2 Å². The van der Waals surface area contributed by atoms with Crippen LogP contribution in [0.5, 0.6) is 17.2 Å². The molecule has 0 spiro atoms. The topological polar surface area (TPSA) is 49.7 Å². The fraction of sp³-hybridized carbons (Fsp3) is 0.200. The first-order valence-corrected chi connectivity index (χ1v) is 19.6. The van der Waals surface area contributed by atoms with Gasteiger partial charge in [-0.25, -0.2) is 0 Å². The van der Waals surface area contributed by atoms with Gasteiger partial charge in [-0.3, -0.25) is 0 Å². The van der Waals surface area contributed by atoms with Gasteiger partial charge in [0.05, 0.1) is 0 Å². The molecule has 0 saturated carbocycles. The Morgan fingerprint density at radius 2 is 0.878 bits per heavy atom. The third kappa shape index (κ3) is 6.61. The minimum absolute atomic E-state index is 0.272. The standard InChI is InChI=1S/C45H47O3P/c1-5-6-26-49(40-16-10-7-11-17-40,41-18-12-8-13-19-41,42-20-14-9-15-21-42)48-45-38(31-36-27-33(2)22-24-43(36)46)29-35(4)30-39(45)32-37-28-34(3)23-25-44(37)47/h7-25,27-30,46-47H,5-6,26,31-32H2,1-4H3. The van der Waals surface area contributed by atoms with Crippen molar-refractivity contribution in [2.75, 3.05) is 6.16 Å². The first-order chi connectivity index (χ1) is 23.7. The Morgan fingerprint density at radius 1 is 0.490 bits per heavy atom. The maximum absolute atomic E-state index is 11.1. The number of phenols is 2. The van der Waals surface area contributed by atoms with E-state index in [-0.39, 0.29) is 11.5 Å². The molecular formula is C45H47O3P. The second kappa shape index (κ2) is 14.3. The van der Waals surface area contributed by atoms with Crippen molar-refractivity contribution >= 4 is 22.7 Å². The third-order valence-corrected chi connectivity index (χ3v) is 15.7. The van der Waals surface area contributed by atoms with Gasteiger partial charge < -0.3 is 0 Å². The average molecular weight is 667 g/mol. The van der Waals surface area contributed by atoms with Crippen LogP contribution in [0, 0.1) is 20.8 Å². The van der Waals surface area contributed by atoms with Gasteiger partial charge in [0.15, 0.2) is 0 Å². The summed E-state index contributed by atoms with van der Waals surface area (Å²) in [5.41, 5.74) is 7.01.